The second-order valence-electron chi connectivity index (χ2n) is 2.97. The van der Waals surface area contributed by atoms with Crippen molar-refractivity contribution in [3.8, 4) is 11.5 Å². The summed E-state index contributed by atoms with van der Waals surface area (Å²) in [4.78, 5) is 0. The van der Waals surface area contributed by atoms with Crippen LogP contribution in [0.3, 0.4) is 0 Å². The third-order valence-electron chi connectivity index (χ3n) is 1.83. The van der Waals surface area contributed by atoms with Gasteiger partial charge in [0.2, 0.25) is 0 Å². The molecule has 0 saturated heterocycles. The summed E-state index contributed by atoms with van der Waals surface area (Å²) in [5, 5.41) is 8.95. The topological polar surface area (TPSA) is 38.7 Å². The highest BCUT2D eigenvalue weighted by Gasteiger charge is 2.13. The van der Waals surface area contributed by atoms with Crippen LogP contribution in [0.2, 0.25) is 0 Å². The molecule has 1 N–H and O–H groups in total. The zero-order chi connectivity index (χ0) is 12.1. The summed E-state index contributed by atoms with van der Waals surface area (Å²) in [6, 6.07) is 3.12. The molecule has 0 aliphatic carbocycles. The Hall–Kier alpha value is -0.880. The minimum Gasteiger partial charge on any atom is -0.493 e. The number of aliphatic hydroxyl groups is 1. The van der Waals surface area contributed by atoms with Crippen LogP contribution in [0.25, 0.3) is 0 Å². The van der Waals surface area contributed by atoms with E-state index in [1.165, 1.54) is 13.2 Å². The second-order valence-corrected chi connectivity index (χ2v) is 3.82. The van der Waals surface area contributed by atoms with Crippen molar-refractivity contribution in [2.45, 2.75) is 13.0 Å². The van der Waals surface area contributed by atoms with Crippen molar-refractivity contribution in [1.29, 1.82) is 0 Å². The smallest absolute Gasteiger partial charge is 0.272 e. The zero-order valence-corrected chi connectivity index (χ0v) is 10.1. The summed E-state index contributed by atoms with van der Waals surface area (Å²) in [7, 11) is 1.40. The van der Waals surface area contributed by atoms with Gasteiger partial charge in [-0.25, -0.2) is 8.78 Å². The van der Waals surface area contributed by atoms with Gasteiger partial charge in [0.15, 0.2) is 11.5 Å². The molecule has 0 spiro atoms. The SMILES string of the molecule is COc1cc(CO)cc(Br)c1OCC(F)F. The molecule has 0 bridgehead atoms. The van der Waals surface area contributed by atoms with Gasteiger partial charge in [-0.2, -0.15) is 0 Å². The predicted molar refractivity (Wildman–Crippen MR) is 58.1 cm³/mol. The van der Waals surface area contributed by atoms with E-state index in [-0.39, 0.29) is 12.4 Å². The molecular weight excluding hydrogens is 286 g/mol. The lowest BCUT2D eigenvalue weighted by atomic mass is 10.2. The monoisotopic (exact) mass is 296 g/mol. The number of rotatable bonds is 5. The Balaban J connectivity index is 2.97. The minimum atomic E-state index is -2.55. The lowest BCUT2D eigenvalue weighted by Crippen LogP contribution is -2.08. The normalized spacial score (nSPS) is 10.6. The maximum absolute atomic E-state index is 12.0. The molecule has 3 nitrogen and oxygen atoms in total. The van der Waals surface area contributed by atoms with Crippen LogP contribution in [0.1, 0.15) is 5.56 Å². The summed E-state index contributed by atoms with van der Waals surface area (Å²) >= 11 is 3.17. The van der Waals surface area contributed by atoms with Crippen molar-refractivity contribution in [1.82, 2.24) is 0 Å². The Kier molecular flexibility index (Phi) is 4.95. The van der Waals surface area contributed by atoms with Crippen molar-refractivity contribution in [2.24, 2.45) is 0 Å². The summed E-state index contributed by atoms with van der Waals surface area (Å²) in [5.74, 6) is 0.513. The van der Waals surface area contributed by atoms with E-state index < -0.39 is 13.0 Å². The molecule has 0 aliphatic rings. The first-order chi connectivity index (χ1) is 7.58. The fourth-order valence-electron chi connectivity index (χ4n) is 1.15. The van der Waals surface area contributed by atoms with Crippen molar-refractivity contribution in [3.63, 3.8) is 0 Å². The fraction of sp³-hybridized carbons (Fsp3) is 0.400. The molecule has 0 atom stereocenters. The summed E-state index contributed by atoms with van der Waals surface area (Å²) in [6.45, 7) is -0.864. The highest BCUT2D eigenvalue weighted by atomic mass is 79.9. The van der Waals surface area contributed by atoms with Crippen LogP contribution in [0.15, 0.2) is 16.6 Å². The Morgan fingerprint density at radius 3 is 2.62 bits per heavy atom. The first-order valence-electron chi connectivity index (χ1n) is 4.46. The molecule has 1 aromatic carbocycles. The van der Waals surface area contributed by atoms with Gasteiger partial charge in [-0.3, -0.25) is 0 Å². The van der Waals surface area contributed by atoms with Crippen LogP contribution < -0.4 is 9.47 Å². The highest BCUT2D eigenvalue weighted by molar-refractivity contribution is 9.10. The Morgan fingerprint density at radius 1 is 1.44 bits per heavy atom. The van der Waals surface area contributed by atoms with Gasteiger partial charge in [-0.15, -0.1) is 0 Å². The molecule has 1 aromatic rings. The molecular formula is C10H11BrF2O3. The number of benzene rings is 1. The standard InChI is InChI=1S/C10H11BrF2O3/c1-15-8-3-6(4-14)2-7(11)10(8)16-5-9(12)13/h2-3,9,14H,4-5H2,1H3. The van der Waals surface area contributed by atoms with Crippen LogP contribution in [-0.2, 0) is 6.61 Å². The van der Waals surface area contributed by atoms with E-state index >= 15 is 0 Å². The van der Waals surface area contributed by atoms with Gasteiger partial charge in [0, 0.05) is 0 Å². The molecule has 0 fully saturated rings. The van der Waals surface area contributed by atoms with Gasteiger partial charge in [-0.1, -0.05) is 0 Å². The number of hydrogen-bond acceptors (Lipinski definition) is 3. The fourth-order valence-corrected chi connectivity index (χ4v) is 1.75. The lowest BCUT2D eigenvalue weighted by molar-refractivity contribution is 0.0800. The molecule has 0 aliphatic heterocycles. The number of aliphatic hydroxyl groups excluding tert-OH is 1. The quantitative estimate of drug-likeness (QED) is 0.908. The number of alkyl halides is 2. The predicted octanol–water partition coefficient (Wildman–Crippen LogP) is 2.59. The average molecular weight is 297 g/mol. The van der Waals surface area contributed by atoms with Crippen LogP contribution in [0, 0.1) is 0 Å². The molecule has 1 rings (SSSR count). The van der Waals surface area contributed by atoms with Crippen LogP contribution in [0.5, 0.6) is 11.5 Å². The lowest BCUT2D eigenvalue weighted by Gasteiger charge is -2.13. The van der Waals surface area contributed by atoms with Gasteiger partial charge >= 0.3 is 0 Å². The average Bonchev–Trinajstić information content (AvgIpc) is 2.26. The Bertz CT molecular complexity index is 358. The number of ether oxygens (including phenoxy) is 2. The van der Waals surface area contributed by atoms with Gasteiger partial charge in [0.05, 0.1) is 18.2 Å². The third kappa shape index (κ3) is 3.31. The van der Waals surface area contributed by atoms with E-state index in [4.69, 9.17) is 14.6 Å². The molecule has 90 valence electrons. The third-order valence-corrected chi connectivity index (χ3v) is 2.41. The zero-order valence-electron chi connectivity index (χ0n) is 8.54. The van der Waals surface area contributed by atoms with E-state index in [9.17, 15) is 8.78 Å². The van der Waals surface area contributed by atoms with E-state index in [0.29, 0.717) is 15.8 Å². The van der Waals surface area contributed by atoms with E-state index in [1.54, 1.807) is 6.07 Å². The Morgan fingerprint density at radius 2 is 2.12 bits per heavy atom. The molecule has 0 saturated carbocycles. The van der Waals surface area contributed by atoms with Crippen molar-refractivity contribution >= 4 is 15.9 Å². The van der Waals surface area contributed by atoms with Crippen LogP contribution >= 0.6 is 15.9 Å². The van der Waals surface area contributed by atoms with E-state index in [0.717, 1.165) is 0 Å². The largest absolute Gasteiger partial charge is 0.493 e. The Labute approximate surface area is 100 Å². The van der Waals surface area contributed by atoms with Gasteiger partial charge in [-0.05, 0) is 33.6 Å². The second kappa shape index (κ2) is 6.00. The molecule has 6 heteroatoms. The highest BCUT2D eigenvalue weighted by Crippen LogP contribution is 2.36. The van der Waals surface area contributed by atoms with Crippen molar-refractivity contribution in [2.75, 3.05) is 13.7 Å². The van der Waals surface area contributed by atoms with Gasteiger partial charge in [0.1, 0.15) is 6.61 Å². The molecule has 0 amide bonds. The number of hydrogen-bond donors (Lipinski definition) is 1. The maximum Gasteiger partial charge on any atom is 0.272 e. The summed E-state index contributed by atoms with van der Waals surface area (Å²) in [5.41, 5.74) is 0.605. The van der Waals surface area contributed by atoms with Crippen LogP contribution in [-0.4, -0.2) is 25.2 Å². The molecule has 0 heterocycles. The summed E-state index contributed by atoms with van der Waals surface area (Å²) in [6.07, 6.45) is -2.55. The van der Waals surface area contributed by atoms with Gasteiger partial charge < -0.3 is 14.6 Å². The molecule has 0 aromatic heterocycles. The first-order valence-corrected chi connectivity index (χ1v) is 5.26. The van der Waals surface area contributed by atoms with E-state index in [2.05, 4.69) is 15.9 Å². The number of methoxy groups -OCH3 is 1. The van der Waals surface area contributed by atoms with Crippen molar-refractivity contribution in [3.05, 3.63) is 22.2 Å². The number of halogens is 3. The minimum absolute atomic E-state index is 0.163. The van der Waals surface area contributed by atoms with Crippen LogP contribution in [0.4, 0.5) is 8.78 Å². The summed E-state index contributed by atoms with van der Waals surface area (Å²) < 4.78 is 34.4. The molecule has 0 unspecified atom stereocenters. The first kappa shape index (κ1) is 13.2. The molecule has 0 radical (unpaired) electrons. The van der Waals surface area contributed by atoms with E-state index in [1.807, 2.05) is 0 Å². The van der Waals surface area contributed by atoms with Crippen molar-refractivity contribution < 1.29 is 23.4 Å². The molecule has 16 heavy (non-hydrogen) atoms. The maximum atomic E-state index is 12.0. The van der Waals surface area contributed by atoms with Gasteiger partial charge in [0.25, 0.3) is 6.43 Å².